The molecule has 1 amide bonds. The Hall–Kier alpha value is -1.67. The van der Waals surface area contributed by atoms with E-state index in [4.69, 9.17) is 17.2 Å². The molecule has 0 aromatic rings. The summed E-state index contributed by atoms with van der Waals surface area (Å²) in [7, 11) is 0. The standard InChI is InChI=1S/C11H21N3O5/c1-2-10(16)18-19-11(17)7(6-9(14)15)8(13)4-3-5-12/h7-8H,2-6,12-13H2,1H3,(H2,14,15). The molecule has 0 fully saturated rings. The lowest BCUT2D eigenvalue weighted by atomic mass is 9.93. The van der Waals surface area contributed by atoms with E-state index in [2.05, 4.69) is 9.78 Å². The highest BCUT2D eigenvalue weighted by atomic mass is 17.2. The van der Waals surface area contributed by atoms with Gasteiger partial charge in [-0.1, -0.05) is 6.92 Å². The maximum Gasteiger partial charge on any atom is 0.360 e. The van der Waals surface area contributed by atoms with E-state index in [1.807, 2.05) is 0 Å². The van der Waals surface area contributed by atoms with Gasteiger partial charge in [0.05, 0.1) is 5.92 Å². The Morgan fingerprint density at radius 1 is 1.21 bits per heavy atom. The minimum absolute atomic E-state index is 0.0625. The van der Waals surface area contributed by atoms with Crippen molar-refractivity contribution in [1.29, 1.82) is 0 Å². The second-order valence-electron chi connectivity index (χ2n) is 4.08. The van der Waals surface area contributed by atoms with Crippen molar-refractivity contribution in [2.75, 3.05) is 6.54 Å². The summed E-state index contributed by atoms with van der Waals surface area (Å²) < 4.78 is 0. The average molecular weight is 275 g/mol. The summed E-state index contributed by atoms with van der Waals surface area (Å²) in [5.74, 6) is -3.22. The molecule has 6 N–H and O–H groups in total. The van der Waals surface area contributed by atoms with Gasteiger partial charge in [0.25, 0.3) is 0 Å². The predicted molar refractivity (Wildman–Crippen MR) is 66.0 cm³/mol. The van der Waals surface area contributed by atoms with Crippen LogP contribution in [0, 0.1) is 5.92 Å². The third kappa shape index (κ3) is 7.37. The number of amides is 1. The van der Waals surface area contributed by atoms with E-state index in [1.54, 1.807) is 6.92 Å². The third-order valence-corrected chi connectivity index (χ3v) is 2.49. The van der Waals surface area contributed by atoms with Crippen LogP contribution in [-0.4, -0.2) is 30.4 Å². The molecule has 2 atom stereocenters. The smallest absolute Gasteiger partial charge is 0.360 e. The molecule has 0 aliphatic carbocycles. The van der Waals surface area contributed by atoms with Gasteiger partial charge in [0.1, 0.15) is 0 Å². The van der Waals surface area contributed by atoms with Crippen LogP contribution in [0.5, 0.6) is 0 Å². The van der Waals surface area contributed by atoms with E-state index in [0.29, 0.717) is 19.4 Å². The maximum atomic E-state index is 11.7. The molecule has 0 aromatic carbocycles. The van der Waals surface area contributed by atoms with Crippen molar-refractivity contribution >= 4 is 17.8 Å². The molecule has 0 saturated heterocycles. The van der Waals surface area contributed by atoms with Gasteiger partial charge in [0.2, 0.25) is 5.91 Å². The van der Waals surface area contributed by atoms with Gasteiger partial charge in [-0.2, -0.15) is 0 Å². The first kappa shape index (κ1) is 17.3. The Morgan fingerprint density at radius 2 is 1.84 bits per heavy atom. The van der Waals surface area contributed by atoms with Gasteiger partial charge in [0, 0.05) is 18.9 Å². The number of carbonyl (C=O) groups is 3. The Balaban J connectivity index is 4.50. The lowest BCUT2D eigenvalue weighted by molar-refractivity contribution is -0.262. The molecule has 8 heteroatoms. The van der Waals surface area contributed by atoms with Gasteiger partial charge in [-0.15, -0.1) is 0 Å². The van der Waals surface area contributed by atoms with Crippen molar-refractivity contribution in [3.8, 4) is 0 Å². The highest BCUT2D eigenvalue weighted by Crippen LogP contribution is 2.14. The Labute approximate surface area is 111 Å². The second-order valence-corrected chi connectivity index (χ2v) is 4.08. The van der Waals surface area contributed by atoms with Crippen LogP contribution >= 0.6 is 0 Å². The zero-order valence-electron chi connectivity index (χ0n) is 11.0. The molecule has 0 aliphatic heterocycles. The summed E-state index contributed by atoms with van der Waals surface area (Å²) in [5.41, 5.74) is 16.2. The van der Waals surface area contributed by atoms with Crippen LogP contribution < -0.4 is 17.2 Å². The summed E-state index contributed by atoms with van der Waals surface area (Å²) in [4.78, 5) is 42.1. The van der Waals surface area contributed by atoms with E-state index in [0.717, 1.165) is 0 Å². The SMILES string of the molecule is CCC(=O)OOC(=O)C(CC(N)=O)C(N)CCCN. The summed E-state index contributed by atoms with van der Waals surface area (Å²) in [6.45, 7) is 1.96. The molecule has 0 saturated carbocycles. The minimum Gasteiger partial charge on any atom is -0.370 e. The summed E-state index contributed by atoms with van der Waals surface area (Å²) in [5, 5.41) is 0. The number of primary amides is 1. The topological polar surface area (TPSA) is 148 Å². The van der Waals surface area contributed by atoms with Crippen molar-refractivity contribution in [3.63, 3.8) is 0 Å². The van der Waals surface area contributed by atoms with Crippen molar-refractivity contribution in [2.45, 2.75) is 38.6 Å². The second kappa shape index (κ2) is 9.29. The van der Waals surface area contributed by atoms with Crippen molar-refractivity contribution < 1.29 is 24.2 Å². The van der Waals surface area contributed by atoms with E-state index < -0.39 is 29.8 Å². The molecule has 0 aromatic heterocycles. The molecule has 0 aliphatic rings. The summed E-state index contributed by atoms with van der Waals surface area (Å²) >= 11 is 0. The fraction of sp³-hybridized carbons (Fsp3) is 0.727. The number of hydrogen-bond acceptors (Lipinski definition) is 7. The molecule has 0 rings (SSSR count). The fourth-order valence-corrected chi connectivity index (χ4v) is 1.39. The molecule has 0 heterocycles. The highest BCUT2D eigenvalue weighted by Gasteiger charge is 2.30. The zero-order chi connectivity index (χ0) is 14.8. The quantitative estimate of drug-likeness (QED) is 0.378. The number of rotatable bonds is 8. The first-order chi connectivity index (χ1) is 8.92. The van der Waals surface area contributed by atoms with E-state index in [1.165, 1.54) is 0 Å². The van der Waals surface area contributed by atoms with Crippen molar-refractivity contribution in [2.24, 2.45) is 23.1 Å². The zero-order valence-corrected chi connectivity index (χ0v) is 11.0. The largest absolute Gasteiger partial charge is 0.370 e. The van der Waals surface area contributed by atoms with Crippen LogP contribution in [0.25, 0.3) is 0 Å². The Kier molecular flexibility index (Phi) is 8.47. The van der Waals surface area contributed by atoms with Crippen LogP contribution in [0.1, 0.15) is 32.6 Å². The molecule has 0 bridgehead atoms. The summed E-state index contributed by atoms with van der Waals surface area (Å²) in [6, 6.07) is -0.635. The first-order valence-electron chi connectivity index (χ1n) is 6.07. The van der Waals surface area contributed by atoms with Crippen molar-refractivity contribution in [3.05, 3.63) is 0 Å². The third-order valence-electron chi connectivity index (χ3n) is 2.49. The number of hydrogen-bond donors (Lipinski definition) is 3. The number of nitrogens with two attached hydrogens (primary N) is 3. The molecular formula is C11H21N3O5. The molecule has 0 spiro atoms. The van der Waals surface area contributed by atoms with Crippen molar-refractivity contribution in [1.82, 2.24) is 0 Å². The normalized spacial score (nSPS) is 13.4. The lowest BCUT2D eigenvalue weighted by Gasteiger charge is -2.19. The van der Waals surface area contributed by atoms with Crippen LogP contribution in [0.2, 0.25) is 0 Å². The fourth-order valence-electron chi connectivity index (χ4n) is 1.39. The monoisotopic (exact) mass is 275 g/mol. The van der Waals surface area contributed by atoms with E-state index >= 15 is 0 Å². The first-order valence-corrected chi connectivity index (χ1v) is 6.07. The van der Waals surface area contributed by atoms with Gasteiger partial charge < -0.3 is 17.2 Å². The van der Waals surface area contributed by atoms with Crippen LogP contribution in [0.15, 0.2) is 0 Å². The predicted octanol–water partition coefficient (Wildman–Crippen LogP) is -1.04. The lowest BCUT2D eigenvalue weighted by Crippen LogP contribution is -2.39. The average Bonchev–Trinajstić information content (AvgIpc) is 2.38. The van der Waals surface area contributed by atoms with Gasteiger partial charge in [-0.3, -0.25) is 4.79 Å². The van der Waals surface area contributed by atoms with Gasteiger partial charge in [-0.05, 0) is 19.4 Å². The van der Waals surface area contributed by atoms with Crippen LogP contribution in [0.3, 0.4) is 0 Å². The van der Waals surface area contributed by atoms with Gasteiger partial charge in [0.15, 0.2) is 0 Å². The highest BCUT2D eigenvalue weighted by molar-refractivity contribution is 5.82. The van der Waals surface area contributed by atoms with Crippen LogP contribution in [-0.2, 0) is 24.2 Å². The number of carbonyl (C=O) groups excluding carboxylic acids is 3. The molecule has 110 valence electrons. The molecule has 2 unspecified atom stereocenters. The molecular weight excluding hydrogens is 254 g/mol. The Bertz CT molecular complexity index is 321. The van der Waals surface area contributed by atoms with Gasteiger partial charge >= 0.3 is 11.9 Å². The minimum atomic E-state index is -0.950. The van der Waals surface area contributed by atoms with Gasteiger partial charge in [-0.25, -0.2) is 19.4 Å². The van der Waals surface area contributed by atoms with Crippen LogP contribution in [0.4, 0.5) is 0 Å². The molecule has 19 heavy (non-hydrogen) atoms. The van der Waals surface area contributed by atoms with E-state index in [-0.39, 0.29) is 12.8 Å². The maximum absolute atomic E-state index is 11.7. The molecule has 0 radical (unpaired) electrons. The summed E-state index contributed by atoms with van der Waals surface area (Å²) in [6.07, 6.45) is 0.824. The Morgan fingerprint density at radius 3 is 2.32 bits per heavy atom. The molecule has 8 nitrogen and oxygen atoms in total. The van der Waals surface area contributed by atoms with E-state index in [9.17, 15) is 14.4 Å².